The van der Waals surface area contributed by atoms with Gasteiger partial charge in [0, 0.05) is 10.6 Å². The molecule has 0 saturated heterocycles. The van der Waals surface area contributed by atoms with Gasteiger partial charge in [0.15, 0.2) is 12.2 Å². The van der Waals surface area contributed by atoms with Crippen molar-refractivity contribution >= 4 is 17.6 Å². The molecule has 0 amide bonds. The van der Waals surface area contributed by atoms with Crippen LogP contribution in [0.4, 0.5) is 0 Å². The second kappa shape index (κ2) is 8.51. The predicted octanol–water partition coefficient (Wildman–Crippen LogP) is 5.05. The Morgan fingerprint density at radius 2 is 2.03 bits per heavy atom. The number of hydrogen-bond acceptors (Lipinski definition) is 2. The van der Waals surface area contributed by atoms with Crippen LogP contribution in [0.25, 0.3) is 11.3 Å². The van der Waals surface area contributed by atoms with Crippen molar-refractivity contribution in [1.29, 1.82) is 0 Å². The molecule has 29 heavy (non-hydrogen) atoms. The summed E-state index contributed by atoms with van der Waals surface area (Å²) in [7, 11) is 0. The van der Waals surface area contributed by atoms with Crippen molar-refractivity contribution in [3.63, 3.8) is 0 Å². The first-order valence-corrected chi connectivity index (χ1v) is 11.4. The summed E-state index contributed by atoms with van der Waals surface area (Å²) in [6.45, 7) is 8.04. The number of esters is 1. The van der Waals surface area contributed by atoms with Crippen LogP contribution in [0, 0.1) is 17.8 Å². The zero-order valence-electron chi connectivity index (χ0n) is 17.7. The molecule has 0 N–H and O–H groups in total. The van der Waals surface area contributed by atoms with E-state index in [0.717, 1.165) is 48.5 Å². The average Bonchev–Trinajstić information content (AvgIpc) is 3.26. The summed E-state index contributed by atoms with van der Waals surface area (Å²) >= 11 is 6.05. The molecule has 3 atom stereocenters. The van der Waals surface area contributed by atoms with E-state index in [4.69, 9.17) is 16.3 Å². The fourth-order valence-corrected chi connectivity index (χ4v) is 5.22. The van der Waals surface area contributed by atoms with Gasteiger partial charge in [-0.1, -0.05) is 38.8 Å². The molecule has 0 unspecified atom stereocenters. The van der Waals surface area contributed by atoms with Crippen LogP contribution in [0.15, 0.2) is 30.5 Å². The van der Waals surface area contributed by atoms with Gasteiger partial charge in [-0.05, 0) is 61.3 Å². The second-order valence-corrected chi connectivity index (χ2v) is 9.61. The SMILES string of the molecule is CC(C)[C@H]1CC[C@H](C)C[C@H]1OC(=O)C[n+]1cc(-c2ccc(Cl)cc2)n2c1CCC2. The maximum atomic E-state index is 12.9. The van der Waals surface area contributed by atoms with E-state index in [1.165, 1.54) is 12.2 Å². The van der Waals surface area contributed by atoms with Gasteiger partial charge in [0.25, 0.3) is 5.82 Å². The third kappa shape index (κ3) is 4.37. The fraction of sp³-hybridized carbons (Fsp3) is 0.583. The van der Waals surface area contributed by atoms with Crippen LogP contribution in [-0.2, 0) is 29.0 Å². The zero-order valence-corrected chi connectivity index (χ0v) is 18.5. The van der Waals surface area contributed by atoms with Crippen LogP contribution in [0.3, 0.4) is 0 Å². The molecule has 1 aromatic carbocycles. The number of rotatable bonds is 5. The Labute approximate surface area is 178 Å². The molecule has 4 nitrogen and oxygen atoms in total. The van der Waals surface area contributed by atoms with E-state index in [-0.39, 0.29) is 12.1 Å². The van der Waals surface area contributed by atoms with Crippen molar-refractivity contribution in [2.75, 3.05) is 0 Å². The maximum absolute atomic E-state index is 12.9. The van der Waals surface area contributed by atoms with Crippen LogP contribution in [0.5, 0.6) is 0 Å². The number of fused-ring (bicyclic) bond motifs is 1. The molecule has 2 heterocycles. The minimum absolute atomic E-state index is 0.0539. The van der Waals surface area contributed by atoms with Crippen LogP contribution in [0.1, 0.15) is 52.3 Å². The van der Waals surface area contributed by atoms with Gasteiger partial charge in [0.05, 0.1) is 13.0 Å². The average molecular weight is 416 g/mol. The van der Waals surface area contributed by atoms with Crippen LogP contribution in [-0.4, -0.2) is 16.6 Å². The lowest BCUT2D eigenvalue weighted by Crippen LogP contribution is -2.43. The molecule has 1 aromatic heterocycles. The van der Waals surface area contributed by atoms with E-state index < -0.39 is 0 Å². The molecular formula is C24H32ClN2O2+. The van der Waals surface area contributed by atoms with E-state index in [1.54, 1.807) is 0 Å². The molecule has 0 spiro atoms. The lowest BCUT2D eigenvalue weighted by molar-refractivity contribution is -0.692. The van der Waals surface area contributed by atoms with Crippen molar-refractivity contribution in [3.8, 4) is 11.3 Å². The van der Waals surface area contributed by atoms with E-state index in [0.29, 0.717) is 24.3 Å². The van der Waals surface area contributed by atoms with Crippen LogP contribution < -0.4 is 4.57 Å². The molecule has 156 valence electrons. The van der Waals surface area contributed by atoms with Gasteiger partial charge in [-0.15, -0.1) is 0 Å². The highest BCUT2D eigenvalue weighted by Gasteiger charge is 2.35. The third-order valence-electron chi connectivity index (χ3n) is 6.68. The number of halogens is 1. The Hall–Kier alpha value is -1.81. The molecule has 1 saturated carbocycles. The molecular weight excluding hydrogens is 384 g/mol. The summed E-state index contributed by atoms with van der Waals surface area (Å²) < 4.78 is 10.5. The van der Waals surface area contributed by atoms with Gasteiger partial charge >= 0.3 is 5.97 Å². The summed E-state index contributed by atoms with van der Waals surface area (Å²) in [5, 5.41) is 0.736. The van der Waals surface area contributed by atoms with Crippen LogP contribution >= 0.6 is 11.6 Å². The van der Waals surface area contributed by atoms with Gasteiger partial charge in [-0.25, -0.2) is 13.9 Å². The molecule has 0 radical (unpaired) electrons. The molecule has 2 aromatic rings. The second-order valence-electron chi connectivity index (χ2n) is 9.17. The van der Waals surface area contributed by atoms with Crippen molar-refractivity contribution in [3.05, 3.63) is 41.3 Å². The molecule has 4 rings (SSSR count). The summed E-state index contributed by atoms with van der Waals surface area (Å²) in [6, 6.07) is 7.92. The monoisotopic (exact) mass is 415 g/mol. The van der Waals surface area contributed by atoms with Gasteiger partial charge < -0.3 is 4.74 Å². The first-order valence-electron chi connectivity index (χ1n) is 11.0. The van der Waals surface area contributed by atoms with Crippen LogP contribution in [0.2, 0.25) is 5.02 Å². The molecule has 1 fully saturated rings. The minimum atomic E-state index is -0.109. The number of benzene rings is 1. The number of aromatic nitrogens is 2. The summed E-state index contributed by atoms with van der Waals surface area (Å²) in [6.07, 6.45) is 7.65. The van der Waals surface area contributed by atoms with Gasteiger partial charge in [0.2, 0.25) is 0 Å². The molecule has 5 heteroatoms. The normalized spacial score (nSPS) is 24.0. The van der Waals surface area contributed by atoms with Crippen molar-refractivity contribution < 1.29 is 14.1 Å². The number of imidazole rings is 1. The molecule has 2 aliphatic rings. The topological polar surface area (TPSA) is 35.1 Å². The van der Waals surface area contributed by atoms with Crippen molar-refractivity contribution in [2.45, 2.75) is 72.1 Å². The van der Waals surface area contributed by atoms with E-state index >= 15 is 0 Å². The van der Waals surface area contributed by atoms with E-state index in [2.05, 4.69) is 36.1 Å². The smallest absolute Gasteiger partial charge is 0.348 e. The van der Waals surface area contributed by atoms with Gasteiger partial charge in [-0.2, -0.15) is 0 Å². The standard InChI is InChI=1S/C24H32ClN2O2/c1-16(2)20-11-6-17(3)13-22(20)29-24(28)15-26-14-21(27-12-4-5-23(26)27)18-7-9-19(25)10-8-18/h7-10,14,16-17,20,22H,4-6,11-13,15H2,1-3H3/q+1/t17-,20+,22+/m0/s1. The van der Waals surface area contributed by atoms with Gasteiger partial charge in [0.1, 0.15) is 12.3 Å². The van der Waals surface area contributed by atoms with Crippen molar-refractivity contribution in [1.82, 2.24) is 4.57 Å². The first kappa shape index (κ1) is 20.5. The Bertz CT molecular complexity index is 872. The lowest BCUT2D eigenvalue weighted by atomic mass is 9.75. The first-order chi connectivity index (χ1) is 13.9. The molecule has 1 aliphatic heterocycles. The quantitative estimate of drug-likeness (QED) is 0.506. The Balaban J connectivity index is 1.51. The van der Waals surface area contributed by atoms with E-state index in [9.17, 15) is 4.79 Å². The minimum Gasteiger partial charge on any atom is -0.459 e. The van der Waals surface area contributed by atoms with Gasteiger partial charge in [-0.3, -0.25) is 0 Å². The zero-order chi connectivity index (χ0) is 20.5. The Kier molecular flexibility index (Phi) is 6.00. The number of carbonyl (C=O) groups excluding carboxylic acids is 1. The highest BCUT2D eigenvalue weighted by atomic mass is 35.5. The maximum Gasteiger partial charge on any atom is 0.348 e. The number of nitrogens with zero attached hydrogens (tertiary/aromatic N) is 2. The van der Waals surface area contributed by atoms with E-state index in [1.807, 2.05) is 24.3 Å². The Morgan fingerprint density at radius 3 is 2.76 bits per heavy atom. The third-order valence-corrected chi connectivity index (χ3v) is 6.93. The molecule has 0 bridgehead atoms. The molecule has 1 aliphatic carbocycles. The number of ether oxygens (including phenoxy) is 1. The largest absolute Gasteiger partial charge is 0.459 e. The Morgan fingerprint density at radius 1 is 1.28 bits per heavy atom. The summed E-state index contributed by atoms with van der Waals surface area (Å²) in [5.74, 6) is 2.76. The summed E-state index contributed by atoms with van der Waals surface area (Å²) in [4.78, 5) is 12.9. The number of hydrogen-bond donors (Lipinski definition) is 0. The fourth-order valence-electron chi connectivity index (χ4n) is 5.09. The van der Waals surface area contributed by atoms with Crippen molar-refractivity contribution in [2.24, 2.45) is 17.8 Å². The predicted molar refractivity (Wildman–Crippen MR) is 115 cm³/mol. The highest BCUT2D eigenvalue weighted by Crippen LogP contribution is 2.35. The lowest BCUT2D eigenvalue weighted by Gasteiger charge is -2.36. The number of carbonyl (C=O) groups is 1. The highest BCUT2D eigenvalue weighted by molar-refractivity contribution is 6.30. The summed E-state index contributed by atoms with van der Waals surface area (Å²) in [5.41, 5.74) is 2.28.